The average molecular weight is 232 g/mol. The van der Waals surface area contributed by atoms with Crippen LogP contribution in [0, 0.1) is 0 Å². The first-order valence-electron chi connectivity index (χ1n) is 5.15. The number of aromatic nitrogens is 2. The lowest BCUT2D eigenvalue weighted by Crippen LogP contribution is -1.95. The number of carboxylic acids is 1. The van der Waals surface area contributed by atoms with Gasteiger partial charge in [-0.15, -0.1) is 0 Å². The summed E-state index contributed by atoms with van der Waals surface area (Å²) in [7, 11) is 0. The average Bonchev–Trinajstić information content (AvgIpc) is 2.78. The predicted octanol–water partition coefficient (Wildman–Crippen LogP) is 1.83. The highest BCUT2D eigenvalue weighted by atomic mass is 16.4. The molecule has 0 radical (unpaired) electrons. The number of aromatic carboxylic acids is 1. The monoisotopic (exact) mass is 232 g/mol. The Hall–Kier alpha value is -2.14. The van der Waals surface area contributed by atoms with Gasteiger partial charge < -0.3 is 10.2 Å². The van der Waals surface area contributed by atoms with Crippen molar-refractivity contribution >= 4 is 5.97 Å². The van der Waals surface area contributed by atoms with Crippen molar-refractivity contribution in [1.29, 1.82) is 0 Å². The van der Waals surface area contributed by atoms with Crippen molar-refractivity contribution in [3.05, 3.63) is 41.6 Å². The SMILES string of the molecule is CC(O)c1ccccc1-c1cc(C(=O)O)[nH]n1. The fourth-order valence-corrected chi connectivity index (χ4v) is 1.66. The highest BCUT2D eigenvalue weighted by Crippen LogP contribution is 2.26. The van der Waals surface area contributed by atoms with Crippen LogP contribution >= 0.6 is 0 Å². The Bertz CT molecular complexity index is 546. The van der Waals surface area contributed by atoms with Crippen molar-refractivity contribution in [3.63, 3.8) is 0 Å². The van der Waals surface area contributed by atoms with Gasteiger partial charge in [0.2, 0.25) is 0 Å². The summed E-state index contributed by atoms with van der Waals surface area (Å²) in [6.45, 7) is 1.66. The fraction of sp³-hybridized carbons (Fsp3) is 0.167. The first-order chi connectivity index (χ1) is 8.09. The standard InChI is InChI=1S/C12H12N2O3/c1-7(15)8-4-2-3-5-9(8)10-6-11(12(16)17)14-13-10/h2-7,15H,1H3,(H,13,14)(H,16,17). The van der Waals surface area contributed by atoms with E-state index in [9.17, 15) is 9.90 Å². The molecule has 0 saturated heterocycles. The molecule has 3 N–H and O–H groups in total. The quantitative estimate of drug-likeness (QED) is 0.753. The van der Waals surface area contributed by atoms with Crippen LogP contribution in [-0.4, -0.2) is 26.4 Å². The maximum Gasteiger partial charge on any atom is 0.353 e. The molecule has 0 spiro atoms. The zero-order valence-corrected chi connectivity index (χ0v) is 9.21. The molecule has 1 aromatic carbocycles. The Balaban J connectivity index is 2.48. The van der Waals surface area contributed by atoms with Gasteiger partial charge in [0.15, 0.2) is 0 Å². The summed E-state index contributed by atoms with van der Waals surface area (Å²) in [5, 5.41) is 24.8. The molecule has 0 aliphatic rings. The number of hydrogen-bond acceptors (Lipinski definition) is 3. The van der Waals surface area contributed by atoms with Crippen molar-refractivity contribution in [2.45, 2.75) is 13.0 Å². The molecule has 0 aliphatic carbocycles. The molecule has 88 valence electrons. The maximum absolute atomic E-state index is 10.7. The lowest BCUT2D eigenvalue weighted by molar-refractivity contribution is 0.0690. The van der Waals surface area contributed by atoms with Crippen LogP contribution < -0.4 is 0 Å². The molecule has 1 unspecified atom stereocenters. The van der Waals surface area contributed by atoms with E-state index < -0.39 is 12.1 Å². The van der Waals surface area contributed by atoms with Gasteiger partial charge in [0.25, 0.3) is 0 Å². The van der Waals surface area contributed by atoms with E-state index in [1.54, 1.807) is 19.1 Å². The highest BCUT2D eigenvalue weighted by molar-refractivity contribution is 5.87. The molecule has 0 bridgehead atoms. The summed E-state index contributed by atoms with van der Waals surface area (Å²) >= 11 is 0. The lowest BCUT2D eigenvalue weighted by atomic mass is 10.0. The minimum Gasteiger partial charge on any atom is -0.477 e. The topological polar surface area (TPSA) is 86.2 Å². The Morgan fingerprint density at radius 2 is 2.12 bits per heavy atom. The summed E-state index contributed by atoms with van der Waals surface area (Å²) in [4.78, 5) is 10.7. The van der Waals surface area contributed by atoms with Crippen LogP contribution in [0.3, 0.4) is 0 Å². The van der Waals surface area contributed by atoms with Crippen molar-refractivity contribution in [1.82, 2.24) is 10.2 Å². The summed E-state index contributed by atoms with van der Waals surface area (Å²) in [6.07, 6.45) is -0.629. The van der Waals surface area contributed by atoms with Crippen LogP contribution in [0.1, 0.15) is 29.1 Å². The number of nitrogens with zero attached hydrogens (tertiary/aromatic N) is 1. The van der Waals surface area contributed by atoms with Gasteiger partial charge >= 0.3 is 5.97 Å². The first kappa shape index (κ1) is 11.3. The number of aliphatic hydroxyl groups is 1. The maximum atomic E-state index is 10.7. The number of aliphatic hydroxyl groups excluding tert-OH is 1. The first-order valence-corrected chi connectivity index (χ1v) is 5.15. The van der Waals surface area contributed by atoms with E-state index >= 15 is 0 Å². The number of carbonyl (C=O) groups is 1. The van der Waals surface area contributed by atoms with Crippen molar-refractivity contribution in [2.24, 2.45) is 0 Å². The smallest absolute Gasteiger partial charge is 0.353 e. The summed E-state index contributed by atoms with van der Waals surface area (Å²) in [6, 6.07) is 8.66. The van der Waals surface area contributed by atoms with E-state index in [1.807, 2.05) is 12.1 Å². The summed E-state index contributed by atoms with van der Waals surface area (Å²) < 4.78 is 0. The van der Waals surface area contributed by atoms with Gasteiger partial charge in [-0.3, -0.25) is 5.10 Å². The van der Waals surface area contributed by atoms with Crippen LogP contribution in [0.2, 0.25) is 0 Å². The Morgan fingerprint density at radius 1 is 1.41 bits per heavy atom. The van der Waals surface area contributed by atoms with Crippen LogP contribution in [0.25, 0.3) is 11.3 Å². The highest BCUT2D eigenvalue weighted by Gasteiger charge is 2.13. The predicted molar refractivity (Wildman–Crippen MR) is 61.6 cm³/mol. The Kier molecular flexibility index (Phi) is 2.93. The lowest BCUT2D eigenvalue weighted by Gasteiger charge is -2.09. The van der Waals surface area contributed by atoms with Gasteiger partial charge in [-0.25, -0.2) is 4.79 Å². The number of rotatable bonds is 3. The number of aromatic amines is 1. The van der Waals surface area contributed by atoms with Crippen LogP contribution in [0.15, 0.2) is 30.3 Å². The molecular weight excluding hydrogens is 220 g/mol. The van der Waals surface area contributed by atoms with Gasteiger partial charge in [-0.2, -0.15) is 5.10 Å². The number of carboxylic acid groups (broad SMARTS) is 1. The van der Waals surface area contributed by atoms with Crippen molar-refractivity contribution in [3.8, 4) is 11.3 Å². The van der Waals surface area contributed by atoms with E-state index in [0.717, 1.165) is 11.1 Å². The van der Waals surface area contributed by atoms with Crippen molar-refractivity contribution < 1.29 is 15.0 Å². The van der Waals surface area contributed by atoms with Gasteiger partial charge in [0.1, 0.15) is 5.69 Å². The number of nitrogens with one attached hydrogen (secondary N) is 1. The molecule has 1 atom stereocenters. The third kappa shape index (κ3) is 2.19. The molecule has 17 heavy (non-hydrogen) atoms. The van der Waals surface area contributed by atoms with Gasteiger partial charge in [0, 0.05) is 5.56 Å². The van der Waals surface area contributed by atoms with Gasteiger partial charge in [0.05, 0.1) is 11.8 Å². The number of benzene rings is 1. The van der Waals surface area contributed by atoms with E-state index in [2.05, 4.69) is 10.2 Å². The third-order valence-electron chi connectivity index (χ3n) is 2.50. The molecule has 1 aromatic heterocycles. The molecule has 2 aromatic rings. The molecule has 2 rings (SSSR count). The normalized spacial score (nSPS) is 12.4. The fourth-order valence-electron chi connectivity index (χ4n) is 1.66. The molecule has 0 fully saturated rings. The molecule has 5 heteroatoms. The van der Waals surface area contributed by atoms with E-state index in [-0.39, 0.29) is 5.69 Å². The second-order valence-electron chi connectivity index (χ2n) is 3.74. The molecule has 1 heterocycles. The largest absolute Gasteiger partial charge is 0.477 e. The van der Waals surface area contributed by atoms with Crippen LogP contribution in [0.5, 0.6) is 0 Å². The zero-order valence-electron chi connectivity index (χ0n) is 9.21. The summed E-state index contributed by atoms with van der Waals surface area (Å²) in [5.74, 6) is -1.06. The second-order valence-corrected chi connectivity index (χ2v) is 3.74. The zero-order chi connectivity index (χ0) is 12.4. The van der Waals surface area contributed by atoms with E-state index in [4.69, 9.17) is 5.11 Å². The minimum absolute atomic E-state index is 0.0281. The second kappa shape index (κ2) is 4.39. The third-order valence-corrected chi connectivity index (χ3v) is 2.50. The number of H-pyrrole nitrogens is 1. The number of hydrogen-bond donors (Lipinski definition) is 3. The van der Waals surface area contributed by atoms with Crippen LogP contribution in [0.4, 0.5) is 0 Å². The minimum atomic E-state index is -1.06. The molecule has 0 aliphatic heterocycles. The molecular formula is C12H12N2O3. The molecule has 0 amide bonds. The molecule has 5 nitrogen and oxygen atoms in total. The van der Waals surface area contributed by atoms with E-state index in [1.165, 1.54) is 6.07 Å². The Morgan fingerprint density at radius 3 is 2.71 bits per heavy atom. The van der Waals surface area contributed by atoms with E-state index in [0.29, 0.717) is 5.69 Å². The van der Waals surface area contributed by atoms with Gasteiger partial charge in [-0.1, -0.05) is 24.3 Å². The van der Waals surface area contributed by atoms with Gasteiger partial charge in [-0.05, 0) is 18.6 Å². The Labute approximate surface area is 97.7 Å². The van der Waals surface area contributed by atoms with Crippen LogP contribution in [-0.2, 0) is 0 Å². The molecule has 0 saturated carbocycles. The van der Waals surface area contributed by atoms with Crippen molar-refractivity contribution in [2.75, 3.05) is 0 Å². The summed E-state index contributed by atoms with van der Waals surface area (Å²) in [5.41, 5.74) is 1.99.